The van der Waals surface area contributed by atoms with E-state index < -0.39 is 23.4 Å². The van der Waals surface area contributed by atoms with Crippen molar-refractivity contribution in [1.82, 2.24) is 25.4 Å². The molecule has 1 aliphatic carbocycles. The Morgan fingerprint density at radius 3 is 2.25 bits per heavy atom. The molecule has 2 aliphatic rings. The summed E-state index contributed by atoms with van der Waals surface area (Å²) in [5.74, 6) is -0.881. The molecule has 7 N–H and O–H groups in total. The minimum atomic E-state index is -0.566. The van der Waals surface area contributed by atoms with Crippen molar-refractivity contribution in [3.05, 3.63) is 100 Å². The number of amides is 6. The minimum absolute atomic E-state index is 0.0278. The smallest absolute Gasteiger partial charge is 0.410 e. The van der Waals surface area contributed by atoms with Crippen LogP contribution in [0.25, 0.3) is 16.7 Å². The van der Waals surface area contributed by atoms with Gasteiger partial charge in [-0.1, -0.05) is 57.7 Å². The first-order chi connectivity index (χ1) is 30.1. The summed E-state index contributed by atoms with van der Waals surface area (Å²) in [5.41, 5.74) is 7.48. The number of nitrogens with zero attached hydrogens (tertiary/aromatic N) is 3. The predicted molar refractivity (Wildman–Crippen MR) is 242 cm³/mol. The zero-order valence-electron chi connectivity index (χ0n) is 36.7. The summed E-state index contributed by atoms with van der Waals surface area (Å²) in [7, 11) is 0. The highest BCUT2D eigenvalue weighted by atomic mass is 19.1. The average Bonchev–Trinajstić information content (AvgIpc) is 3.27. The van der Waals surface area contributed by atoms with E-state index >= 15 is 4.39 Å². The highest BCUT2D eigenvalue weighted by Gasteiger charge is 2.25. The Labute approximate surface area is 367 Å². The summed E-state index contributed by atoms with van der Waals surface area (Å²) in [5, 5.41) is 20.1. The summed E-state index contributed by atoms with van der Waals surface area (Å²) in [6.07, 6.45) is 10.4. The maximum Gasteiger partial charge on any atom is 0.410 e. The van der Waals surface area contributed by atoms with Crippen LogP contribution in [-0.4, -0.2) is 97.0 Å². The number of benzene rings is 2. The van der Waals surface area contributed by atoms with E-state index in [4.69, 9.17) is 15.2 Å². The topological polar surface area (TPSA) is 227 Å². The number of allylic oxidation sites excluding steroid dienone is 2. The van der Waals surface area contributed by atoms with Gasteiger partial charge in [0.15, 0.2) is 5.43 Å². The van der Waals surface area contributed by atoms with Crippen LogP contribution < -0.4 is 37.3 Å². The molecule has 2 aromatic carbocycles. The number of halogens is 1. The maximum atomic E-state index is 15.1. The number of urea groups is 1. The Morgan fingerprint density at radius 1 is 1.00 bits per heavy atom. The fourth-order valence-electron chi connectivity index (χ4n) is 6.07. The lowest BCUT2D eigenvalue weighted by Gasteiger charge is -2.35. The molecule has 1 aromatic heterocycles. The number of nitrogens with one attached hydrogen (secondary N) is 4. The second kappa shape index (κ2) is 25.8. The molecule has 1 fully saturated rings. The van der Waals surface area contributed by atoms with Crippen LogP contribution in [0.3, 0.4) is 0 Å². The van der Waals surface area contributed by atoms with Gasteiger partial charge in [0.1, 0.15) is 24.8 Å². The number of alkyl carbamates (subject to hydrolysis) is 1. The van der Waals surface area contributed by atoms with Gasteiger partial charge >= 0.3 is 18.2 Å². The van der Waals surface area contributed by atoms with Crippen molar-refractivity contribution in [3.8, 4) is 0 Å². The van der Waals surface area contributed by atoms with E-state index in [1.165, 1.54) is 12.3 Å². The highest BCUT2D eigenvalue weighted by Crippen LogP contribution is 2.27. The van der Waals surface area contributed by atoms with E-state index in [1.807, 2.05) is 31.7 Å². The lowest BCUT2D eigenvalue weighted by molar-refractivity contribution is -0.118. The summed E-state index contributed by atoms with van der Waals surface area (Å²) in [4.78, 5) is 72.0. The first-order valence-corrected chi connectivity index (χ1v) is 20.9. The maximum absolute atomic E-state index is 15.1. The van der Waals surface area contributed by atoms with Crippen LogP contribution >= 0.6 is 0 Å². The lowest BCUT2D eigenvalue weighted by atomic mass is 10.1. The third-order valence-electron chi connectivity index (χ3n) is 9.96. The fourth-order valence-corrected chi connectivity index (χ4v) is 6.07. The average molecular weight is 877 g/mol. The van der Waals surface area contributed by atoms with Crippen molar-refractivity contribution in [2.75, 3.05) is 56.1 Å². The molecule has 63 heavy (non-hydrogen) atoms. The quantitative estimate of drug-likeness (QED) is 0.0779. The molecule has 3 aromatic rings. The number of carbonyl (C=O) groups is 5. The van der Waals surface area contributed by atoms with Crippen LogP contribution in [0.1, 0.15) is 65.0 Å². The summed E-state index contributed by atoms with van der Waals surface area (Å²) < 4.78 is 27.5. The van der Waals surface area contributed by atoms with Gasteiger partial charge in [-0.15, -0.1) is 0 Å². The van der Waals surface area contributed by atoms with Crippen molar-refractivity contribution < 1.29 is 42.9 Å². The van der Waals surface area contributed by atoms with Crippen LogP contribution in [-0.2, 0) is 32.2 Å². The molecule has 1 unspecified atom stereocenters. The van der Waals surface area contributed by atoms with Crippen LogP contribution in [0.4, 0.5) is 30.1 Å². The van der Waals surface area contributed by atoms with E-state index in [0.29, 0.717) is 75.1 Å². The number of aromatic nitrogens is 1. The number of aliphatic hydroxyl groups excluding tert-OH is 1. The number of nitrogens with two attached hydrogens (primary N) is 1. The lowest BCUT2D eigenvalue weighted by Crippen LogP contribution is -2.49. The SMILES string of the molecule is C=C(O)c1cn(CC)c2cc(N3CCN(C(=O)OCc4ccc(NC(=O)CNC=O)cc4)CC3)c(F)cc2c1=O.CC(C)C(C)NC(=O)OCC1=CCCC=C1.CCCNC(N)=O. The molecule has 1 atom stereocenters. The third kappa shape index (κ3) is 16.5. The van der Waals surface area contributed by atoms with E-state index in [0.717, 1.165) is 30.4 Å². The van der Waals surface area contributed by atoms with Crippen molar-refractivity contribution in [1.29, 1.82) is 0 Å². The number of primary amides is 1. The van der Waals surface area contributed by atoms with Crippen LogP contribution in [0, 0.1) is 11.7 Å². The van der Waals surface area contributed by atoms with Gasteiger partial charge in [-0.3, -0.25) is 14.4 Å². The van der Waals surface area contributed by atoms with Crippen LogP contribution in [0.15, 0.2) is 77.8 Å². The molecule has 0 bridgehead atoms. The molecule has 0 radical (unpaired) electrons. The monoisotopic (exact) mass is 876 g/mol. The predicted octanol–water partition coefficient (Wildman–Crippen LogP) is 5.93. The molecule has 6 amide bonds. The van der Waals surface area contributed by atoms with E-state index in [9.17, 15) is 33.9 Å². The molecule has 1 aliphatic heterocycles. The summed E-state index contributed by atoms with van der Waals surface area (Å²) >= 11 is 0. The van der Waals surface area contributed by atoms with Gasteiger partial charge < -0.3 is 55.9 Å². The van der Waals surface area contributed by atoms with Gasteiger partial charge in [-0.2, -0.15) is 0 Å². The summed E-state index contributed by atoms with van der Waals surface area (Å²) in [6, 6.07) is 9.27. The molecule has 0 saturated carbocycles. The molecular weight excluding hydrogens is 816 g/mol. The van der Waals surface area contributed by atoms with Gasteiger partial charge in [0.05, 0.1) is 23.3 Å². The van der Waals surface area contributed by atoms with Gasteiger partial charge in [-0.05, 0) is 74.4 Å². The number of fused-ring (bicyclic) bond motifs is 1. The Balaban J connectivity index is 0.000000377. The largest absolute Gasteiger partial charge is 0.508 e. The number of pyridine rings is 1. The number of ether oxygens (including phenoxy) is 2. The summed E-state index contributed by atoms with van der Waals surface area (Å²) in [6.45, 7) is 16.2. The molecule has 2 heterocycles. The van der Waals surface area contributed by atoms with E-state index in [1.54, 1.807) is 39.8 Å². The van der Waals surface area contributed by atoms with Crippen molar-refractivity contribution in [3.63, 3.8) is 0 Å². The number of piperazine rings is 1. The zero-order chi connectivity index (χ0) is 46.5. The van der Waals surface area contributed by atoms with Gasteiger partial charge in [0.2, 0.25) is 12.3 Å². The molecule has 0 spiro atoms. The number of hydrogen-bond acceptors (Lipinski definition) is 10. The van der Waals surface area contributed by atoms with Gasteiger partial charge in [-0.25, -0.2) is 18.8 Å². The second-order valence-electron chi connectivity index (χ2n) is 15.0. The molecule has 1 saturated heterocycles. The third-order valence-corrected chi connectivity index (χ3v) is 9.96. The zero-order valence-corrected chi connectivity index (χ0v) is 36.7. The van der Waals surface area contributed by atoms with Crippen molar-refractivity contribution in [2.45, 2.75) is 73.1 Å². The van der Waals surface area contributed by atoms with Crippen LogP contribution in [0.2, 0.25) is 0 Å². The number of rotatable bonds is 15. The molecule has 5 rings (SSSR count). The Bertz CT molecular complexity index is 2160. The number of aryl methyl sites for hydroxylation is 1. The van der Waals surface area contributed by atoms with Gasteiger partial charge in [0.25, 0.3) is 0 Å². The van der Waals surface area contributed by atoms with Crippen molar-refractivity contribution >= 4 is 58.6 Å². The first kappa shape index (κ1) is 50.5. The van der Waals surface area contributed by atoms with E-state index in [2.05, 4.69) is 53.8 Å². The fraction of sp³-hybridized carbons (Fsp3) is 0.422. The number of aliphatic hydroxyl groups is 1. The van der Waals surface area contributed by atoms with Gasteiger partial charge in [0, 0.05) is 62.6 Å². The minimum Gasteiger partial charge on any atom is -0.508 e. The molecule has 17 nitrogen and oxygen atoms in total. The number of anilines is 2. The highest BCUT2D eigenvalue weighted by molar-refractivity contribution is 5.93. The standard InChI is InChI=1S/C28H30FN5O6.C13H21NO2.C4H10N2O/c1-3-32-15-22(18(2)36)27(38)21-12-23(29)25(13-24(21)32)33-8-10-34(11-9-33)28(39)40-16-19-4-6-20(7-5-19)31-26(37)14-30-17-35;1-10(2)11(3)14-13(15)16-9-12-7-5-4-6-8-12;1-2-3-6-4(5)7/h4-7,12-13,15,17,36H,2-3,8-11,14,16H2,1H3,(H,30,35)(H,31,37);5,7-8,10-11H,4,6,9H2,1-3H3,(H,14,15);2-3H2,1H3,(H3,5,6,7). The Morgan fingerprint density at radius 2 is 1.70 bits per heavy atom. The Kier molecular flexibility index (Phi) is 20.7. The van der Waals surface area contributed by atoms with Crippen molar-refractivity contribution in [2.24, 2.45) is 11.7 Å². The second-order valence-corrected chi connectivity index (χ2v) is 15.0. The van der Waals surface area contributed by atoms with Crippen LogP contribution in [0.5, 0.6) is 0 Å². The number of carbonyl (C=O) groups excluding carboxylic acids is 5. The molecule has 18 heteroatoms. The first-order valence-electron chi connectivity index (χ1n) is 20.9. The van der Waals surface area contributed by atoms with E-state index in [-0.39, 0.29) is 47.9 Å². The Hall–Kier alpha value is -6.85. The number of hydrogen-bond donors (Lipinski definition) is 6. The molecular formula is C45H61FN8O9. The normalized spacial score (nSPS) is 13.5. The molecule has 342 valence electrons.